The molecule has 0 aromatic rings. The minimum atomic E-state index is -0.833. The topological polar surface area (TPSA) is 108 Å². The van der Waals surface area contributed by atoms with Crippen LogP contribution in [0.3, 0.4) is 0 Å². The van der Waals surface area contributed by atoms with E-state index in [2.05, 4.69) is 11.5 Å². The van der Waals surface area contributed by atoms with Gasteiger partial charge in [-0.2, -0.15) is 0 Å². The summed E-state index contributed by atoms with van der Waals surface area (Å²) in [4.78, 5) is 9.00. The standard InChI is InChI=1S/C6H14O3.CH4N2O/c1-2-8-5-6-9-4-3-7;2-1(3)4/h7H,2-6H2,1H3;(H4,2,3,4). The Kier molecular flexibility index (Phi) is 15.5. The van der Waals surface area contributed by atoms with Gasteiger partial charge in [-0.25, -0.2) is 4.79 Å². The summed E-state index contributed by atoms with van der Waals surface area (Å²) in [5.74, 6) is 0. The highest BCUT2D eigenvalue weighted by atomic mass is 16.5. The molecule has 0 radical (unpaired) electrons. The number of hydrogen-bond donors (Lipinski definition) is 3. The summed E-state index contributed by atoms with van der Waals surface area (Å²) in [5.41, 5.74) is 8.50. The quantitative estimate of drug-likeness (QED) is 0.474. The summed E-state index contributed by atoms with van der Waals surface area (Å²) >= 11 is 0. The molecule has 6 heteroatoms. The van der Waals surface area contributed by atoms with Crippen LogP contribution < -0.4 is 11.5 Å². The van der Waals surface area contributed by atoms with E-state index in [1.165, 1.54) is 0 Å². The van der Waals surface area contributed by atoms with Crippen LogP contribution in [-0.2, 0) is 9.47 Å². The number of nitrogens with two attached hydrogens (primary N) is 2. The Morgan fingerprint density at radius 3 is 2.08 bits per heavy atom. The minimum Gasteiger partial charge on any atom is -0.394 e. The molecule has 0 spiro atoms. The molecule has 0 aliphatic rings. The monoisotopic (exact) mass is 194 g/mol. The zero-order valence-corrected chi connectivity index (χ0v) is 7.86. The molecule has 0 saturated carbocycles. The van der Waals surface area contributed by atoms with E-state index < -0.39 is 6.03 Å². The van der Waals surface area contributed by atoms with Crippen molar-refractivity contribution in [2.45, 2.75) is 6.92 Å². The molecule has 0 bridgehead atoms. The van der Waals surface area contributed by atoms with Crippen LogP contribution in [0.5, 0.6) is 0 Å². The van der Waals surface area contributed by atoms with Gasteiger partial charge in [0, 0.05) is 6.61 Å². The normalized spacial score (nSPS) is 8.77. The highest BCUT2D eigenvalue weighted by Crippen LogP contribution is 1.76. The van der Waals surface area contributed by atoms with E-state index in [0.717, 1.165) is 6.61 Å². The van der Waals surface area contributed by atoms with Crippen molar-refractivity contribution in [1.82, 2.24) is 0 Å². The van der Waals surface area contributed by atoms with Gasteiger partial charge in [0.05, 0.1) is 26.4 Å². The van der Waals surface area contributed by atoms with Crippen LogP contribution in [-0.4, -0.2) is 44.2 Å². The van der Waals surface area contributed by atoms with Gasteiger partial charge in [0.25, 0.3) is 0 Å². The third kappa shape index (κ3) is 35.2. The number of aliphatic hydroxyl groups is 1. The second kappa shape index (κ2) is 13.7. The molecule has 0 aromatic heterocycles. The van der Waals surface area contributed by atoms with Crippen molar-refractivity contribution in [2.75, 3.05) is 33.0 Å². The molecule has 2 amide bonds. The maximum absolute atomic E-state index is 9.00. The maximum atomic E-state index is 9.00. The summed E-state index contributed by atoms with van der Waals surface area (Å²) < 4.78 is 9.88. The third-order valence-electron chi connectivity index (χ3n) is 0.812. The Balaban J connectivity index is 0. The number of amides is 2. The molecular formula is C7H18N2O4. The minimum absolute atomic E-state index is 0.0894. The van der Waals surface area contributed by atoms with Crippen LogP contribution in [0.4, 0.5) is 4.79 Å². The number of primary amides is 2. The van der Waals surface area contributed by atoms with Gasteiger partial charge in [0.1, 0.15) is 0 Å². The van der Waals surface area contributed by atoms with Gasteiger partial charge in [0.15, 0.2) is 0 Å². The fraction of sp³-hybridized carbons (Fsp3) is 0.857. The second-order valence-corrected chi connectivity index (χ2v) is 1.94. The van der Waals surface area contributed by atoms with Crippen molar-refractivity contribution in [3.05, 3.63) is 0 Å². The smallest absolute Gasteiger partial charge is 0.309 e. The van der Waals surface area contributed by atoms with Crippen molar-refractivity contribution in [3.63, 3.8) is 0 Å². The average Bonchev–Trinajstić information content (AvgIpc) is 2.03. The van der Waals surface area contributed by atoms with Crippen LogP contribution in [0.1, 0.15) is 6.92 Å². The van der Waals surface area contributed by atoms with Crippen LogP contribution in [0.25, 0.3) is 0 Å². The van der Waals surface area contributed by atoms with Gasteiger partial charge in [-0.3, -0.25) is 0 Å². The molecule has 6 nitrogen and oxygen atoms in total. The summed E-state index contributed by atoms with van der Waals surface area (Å²) in [6.45, 7) is 4.36. The van der Waals surface area contributed by atoms with Gasteiger partial charge in [-0.05, 0) is 6.92 Å². The number of hydrogen-bond acceptors (Lipinski definition) is 4. The zero-order valence-electron chi connectivity index (χ0n) is 7.86. The summed E-state index contributed by atoms with van der Waals surface area (Å²) in [6.07, 6.45) is 0. The van der Waals surface area contributed by atoms with Crippen molar-refractivity contribution in [2.24, 2.45) is 11.5 Å². The van der Waals surface area contributed by atoms with Gasteiger partial charge >= 0.3 is 6.03 Å². The number of ether oxygens (including phenoxy) is 2. The van der Waals surface area contributed by atoms with Crippen molar-refractivity contribution in [3.8, 4) is 0 Å². The summed E-state index contributed by atoms with van der Waals surface area (Å²) in [5, 5.41) is 8.26. The van der Waals surface area contributed by atoms with Gasteiger partial charge in [0.2, 0.25) is 0 Å². The predicted octanol–water partition coefficient (Wildman–Crippen LogP) is -0.944. The largest absolute Gasteiger partial charge is 0.394 e. The zero-order chi connectivity index (χ0) is 10.5. The molecule has 0 fully saturated rings. The number of carbonyl (C=O) groups excluding carboxylic acids is 1. The Bertz CT molecular complexity index is 101. The van der Waals surface area contributed by atoms with Crippen molar-refractivity contribution in [1.29, 1.82) is 0 Å². The van der Waals surface area contributed by atoms with Crippen LogP contribution in [0.2, 0.25) is 0 Å². The molecule has 0 atom stereocenters. The van der Waals surface area contributed by atoms with Crippen molar-refractivity contribution < 1.29 is 19.4 Å². The van der Waals surface area contributed by atoms with Crippen LogP contribution in [0.15, 0.2) is 0 Å². The van der Waals surface area contributed by atoms with Gasteiger partial charge in [-0.15, -0.1) is 0 Å². The second-order valence-electron chi connectivity index (χ2n) is 1.94. The molecule has 0 rings (SSSR count). The fourth-order valence-corrected chi connectivity index (χ4v) is 0.429. The summed E-state index contributed by atoms with van der Waals surface area (Å²) in [6, 6.07) is -0.833. The third-order valence-corrected chi connectivity index (χ3v) is 0.812. The van der Waals surface area contributed by atoms with Crippen LogP contribution in [0, 0.1) is 0 Å². The highest BCUT2D eigenvalue weighted by molar-refractivity contribution is 5.69. The van der Waals surface area contributed by atoms with E-state index in [1.54, 1.807) is 0 Å². The maximum Gasteiger partial charge on any atom is 0.309 e. The van der Waals surface area contributed by atoms with Crippen LogP contribution >= 0.6 is 0 Å². The fourth-order valence-electron chi connectivity index (χ4n) is 0.429. The molecule has 0 unspecified atom stereocenters. The van der Waals surface area contributed by atoms with E-state index in [-0.39, 0.29) is 6.61 Å². The summed E-state index contributed by atoms with van der Waals surface area (Å²) in [7, 11) is 0. The first-order valence-corrected chi connectivity index (χ1v) is 3.96. The highest BCUT2D eigenvalue weighted by Gasteiger charge is 1.84. The number of aliphatic hydroxyl groups excluding tert-OH is 1. The molecule has 5 N–H and O–H groups in total. The Morgan fingerprint density at radius 1 is 1.23 bits per heavy atom. The van der Waals surface area contributed by atoms with E-state index in [9.17, 15) is 0 Å². The van der Waals surface area contributed by atoms with Gasteiger partial charge < -0.3 is 26.0 Å². The first-order valence-electron chi connectivity index (χ1n) is 3.96. The van der Waals surface area contributed by atoms with E-state index in [4.69, 9.17) is 19.4 Å². The first-order chi connectivity index (χ1) is 6.15. The Hall–Kier alpha value is -0.850. The Morgan fingerprint density at radius 2 is 1.69 bits per heavy atom. The predicted molar refractivity (Wildman–Crippen MR) is 48.2 cm³/mol. The molecular weight excluding hydrogens is 176 g/mol. The molecule has 0 heterocycles. The van der Waals surface area contributed by atoms with E-state index >= 15 is 0 Å². The van der Waals surface area contributed by atoms with E-state index in [1.807, 2.05) is 6.92 Å². The molecule has 80 valence electrons. The van der Waals surface area contributed by atoms with E-state index in [0.29, 0.717) is 19.8 Å². The molecule has 0 aromatic carbocycles. The molecule has 13 heavy (non-hydrogen) atoms. The lowest BCUT2D eigenvalue weighted by Crippen LogP contribution is -2.18. The lowest BCUT2D eigenvalue weighted by molar-refractivity contribution is 0.0370. The number of carbonyl (C=O) groups is 1. The average molecular weight is 194 g/mol. The lowest BCUT2D eigenvalue weighted by Gasteiger charge is -2.00. The SMILES string of the molecule is CCOCCOCCO.NC(N)=O. The van der Waals surface area contributed by atoms with Crippen molar-refractivity contribution >= 4 is 6.03 Å². The molecule has 0 aliphatic carbocycles. The first kappa shape index (κ1) is 14.7. The Labute approximate surface area is 77.8 Å². The molecule has 0 saturated heterocycles. The number of rotatable bonds is 6. The molecule has 0 aliphatic heterocycles. The van der Waals surface area contributed by atoms with Gasteiger partial charge in [-0.1, -0.05) is 0 Å². The number of urea groups is 1. The lowest BCUT2D eigenvalue weighted by atomic mass is 10.7.